The Morgan fingerprint density at radius 3 is 2.55 bits per heavy atom. The molecule has 3 rings (SSSR count). The highest BCUT2D eigenvalue weighted by atomic mass is 32.2. The van der Waals surface area contributed by atoms with E-state index in [1.54, 1.807) is 13.8 Å². The van der Waals surface area contributed by atoms with Gasteiger partial charge in [0, 0.05) is 18.7 Å². The third kappa shape index (κ3) is 4.78. The second-order valence-electron chi connectivity index (χ2n) is 7.18. The fourth-order valence-electron chi connectivity index (χ4n) is 3.33. The summed E-state index contributed by atoms with van der Waals surface area (Å²) in [7, 11) is -3.85. The third-order valence-corrected chi connectivity index (χ3v) is 7.08. The maximum Gasteiger partial charge on any atom is 0.340 e. The van der Waals surface area contributed by atoms with Gasteiger partial charge in [-0.05, 0) is 38.8 Å². The quantitative estimate of drug-likeness (QED) is 0.677. The predicted molar refractivity (Wildman–Crippen MR) is 111 cm³/mol. The summed E-state index contributed by atoms with van der Waals surface area (Å²) in [6, 6.07) is 7.72. The van der Waals surface area contributed by atoms with Crippen molar-refractivity contribution in [2.75, 3.05) is 25.0 Å². The van der Waals surface area contributed by atoms with Crippen LogP contribution in [0, 0.1) is 25.2 Å². The molecule has 1 fully saturated rings. The standard InChI is InChI=1S/C21H23N3O6S/c1-14-15(2)30-20(17(14)12-22)23-19(25)13-29-21(26)16-8-4-5-9-18(16)31(27,28)24-10-6-3-7-11-24/h4-5,8-9H,3,6-7,10-11,13H2,1-2H3,(H,23,25). The molecule has 0 atom stereocenters. The Labute approximate surface area is 180 Å². The predicted octanol–water partition coefficient (Wildman–Crippen LogP) is 2.74. The van der Waals surface area contributed by atoms with E-state index in [4.69, 9.17) is 9.15 Å². The maximum absolute atomic E-state index is 13.0. The zero-order chi connectivity index (χ0) is 22.6. The van der Waals surface area contributed by atoms with Crippen molar-refractivity contribution in [2.24, 2.45) is 0 Å². The number of carbonyl (C=O) groups excluding carboxylic acids is 2. The molecule has 2 aromatic rings. The van der Waals surface area contributed by atoms with Crippen LogP contribution < -0.4 is 5.32 Å². The number of nitrogens with one attached hydrogen (secondary N) is 1. The lowest BCUT2D eigenvalue weighted by atomic mass is 10.2. The molecule has 0 saturated carbocycles. The number of rotatable bonds is 6. The molecule has 0 unspecified atom stereocenters. The van der Waals surface area contributed by atoms with Crippen LogP contribution in [0.3, 0.4) is 0 Å². The number of carbonyl (C=O) groups is 2. The van der Waals surface area contributed by atoms with Gasteiger partial charge in [-0.1, -0.05) is 18.6 Å². The summed E-state index contributed by atoms with van der Waals surface area (Å²) in [5, 5.41) is 11.6. The molecule has 10 heteroatoms. The van der Waals surface area contributed by atoms with E-state index in [1.807, 2.05) is 6.07 Å². The third-order valence-electron chi connectivity index (χ3n) is 5.12. The molecule has 1 aromatic carbocycles. The number of amides is 1. The van der Waals surface area contributed by atoms with Crippen molar-refractivity contribution in [2.45, 2.75) is 38.0 Å². The van der Waals surface area contributed by atoms with Gasteiger partial charge in [0.25, 0.3) is 5.91 Å². The van der Waals surface area contributed by atoms with Crippen molar-refractivity contribution in [3.8, 4) is 6.07 Å². The molecule has 164 valence electrons. The Bertz CT molecular complexity index is 1140. The van der Waals surface area contributed by atoms with E-state index in [0.717, 1.165) is 19.3 Å². The molecule has 1 aromatic heterocycles. The van der Waals surface area contributed by atoms with Crippen molar-refractivity contribution in [1.82, 2.24) is 4.31 Å². The largest absolute Gasteiger partial charge is 0.452 e. The van der Waals surface area contributed by atoms with Gasteiger partial charge in [-0.25, -0.2) is 13.2 Å². The molecule has 9 nitrogen and oxygen atoms in total. The summed E-state index contributed by atoms with van der Waals surface area (Å²) in [5.41, 5.74) is 0.657. The van der Waals surface area contributed by atoms with Crippen LogP contribution in [0.4, 0.5) is 5.88 Å². The number of aryl methyl sites for hydroxylation is 1. The number of anilines is 1. The van der Waals surface area contributed by atoms with Gasteiger partial charge in [0.1, 0.15) is 17.4 Å². The molecule has 0 spiro atoms. The molecule has 1 saturated heterocycles. The average Bonchev–Trinajstić information content (AvgIpc) is 3.04. The van der Waals surface area contributed by atoms with Crippen LogP contribution in [0.15, 0.2) is 33.6 Å². The minimum absolute atomic E-state index is 0.0216. The van der Waals surface area contributed by atoms with E-state index < -0.39 is 28.5 Å². The zero-order valence-corrected chi connectivity index (χ0v) is 18.1. The summed E-state index contributed by atoms with van der Waals surface area (Å²) >= 11 is 0. The molecule has 0 radical (unpaired) electrons. The number of esters is 1. The highest BCUT2D eigenvalue weighted by molar-refractivity contribution is 7.89. The van der Waals surface area contributed by atoms with Gasteiger partial charge in [-0.2, -0.15) is 9.57 Å². The van der Waals surface area contributed by atoms with Crippen LogP contribution in [0.1, 0.15) is 46.5 Å². The number of hydrogen-bond donors (Lipinski definition) is 1. The lowest BCUT2D eigenvalue weighted by Gasteiger charge is -2.26. The van der Waals surface area contributed by atoms with Crippen LogP contribution in [0.2, 0.25) is 0 Å². The fourth-order valence-corrected chi connectivity index (χ4v) is 5.02. The van der Waals surface area contributed by atoms with Crippen molar-refractivity contribution in [3.63, 3.8) is 0 Å². The second kappa shape index (κ2) is 9.32. The van der Waals surface area contributed by atoms with E-state index >= 15 is 0 Å². The van der Waals surface area contributed by atoms with Crippen molar-refractivity contribution in [3.05, 3.63) is 46.7 Å². The van der Waals surface area contributed by atoms with Crippen LogP contribution in [0.25, 0.3) is 0 Å². The molecule has 1 aliphatic rings. The highest BCUT2D eigenvalue weighted by Gasteiger charge is 2.30. The van der Waals surface area contributed by atoms with Crippen molar-refractivity contribution >= 4 is 27.8 Å². The van der Waals surface area contributed by atoms with Gasteiger partial charge in [0.15, 0.2) is 6.61 Å². The van der Waals surface area contributed by atoms with Crippen molar-refractivity contribution < 1.29 is 27.2 Å². The van der Waals surface area contributed by atoms with Crippen LogP contribution in [0.5, 0.6) is 0 Å². The number of hydrogen-bond acceptors (Lipinski definition) is 7. The first-order chi connectivity index (χ1) is 14.8. The Kier molecular flexibility index (Phi) is 6.77. The van der Waals surface area contributed by atoms with Crippen LogP contribution >= 0.6 is 0 Å². The van der Waals surface area contributed by atoms with E-state index in [2.05, 4.69) is 5.32 Å². The zero-order valence-electron chi connectivity index (χ0n) is 17.3. The SMILES string of the molecule is Cc1oc(NC(=O)COC(=O)c2ccccc2S(=O)(=O)N2CCCCC2)c(C#N)c1C. The number of piperidine rings is 1. The Morgan fingerprint density at radius 1 is 1.19 bits per heavy atom. The van der Waals surface area contributed by atoms with E-state index in [9.17, 15) is 23.3 Å². The number of nitrogens with zero attached hydrogens (tertiary/aromatic N) is 2. The van der Waals surface area contributed by atoms with E-state index in [1.165, 1.54) is 28.6 Å². The summed E-state index contributed by atoms with van der Waals surface area (Å²) in [6.45, 7) is 3.48. The first kappa shape index (κ1) is 22.5. The highest BCUT2D eigenvalue weighted by Crippen LogP contribution is 2.26. The molecule has 2 heterocycles. The molecule has 0 aliphatic carbocycles. The maximum atomic E-state index is 13.0. The molecule has 1 amide bonds. The molecular formula is C21H23N3O6S. The summed E-state index contributed by atoms with van der Waals surface area (Å²) in [5.74, 6) is -1.18. The molecule has 31 heavy (non-hydrogen) atoms. The van der Waals surface area contributed by atoms with Gasteiger partial charge in [-0.15, -0.1) is 0 Å². The molecular weight excluding hydrogens is 422 g/mol. The summed E-state index contributed by atoms with van der Waals surface area (Å²) < 4.78 is 37.7. The lowest BCUT2D eigenvalue weighted by Crippen LogP contribution is -2.36. The number of ether oxygens (including phenoxy) is 1. The van der Waals surface area contributed by atoms with Crippen LogP contribution in [-0.2, 0) is 19.6 Å². The normalized spacial score (nSPS) is 14.6. The van der Waals surface area contributed by atoms with Gasteiger partial charge in [0.2, 0.25) is 15.9 Å². The smallest absolute Gasteiger partial charge is 0.340 e. The fraction of sp³-hybridized carbons (Fsp3) is 0.381. The Hall–Kier alpha value is -3.16. The van der Waals surface area contributed by atoms with Crippen molar-refractivity contribution in [1.29, 1.82) is 5.26 Å². The summed E-state index contributed by atoms with van der Waals surface area (Å²) in [6.07, 6.45) is 2.50. The summed E-state index contributed by atoms with van der Waals surface area (Å²) in [4.78, 5) is 24.6. The Morgan fingerprint density at radius 2 is 1.87 bits per heavy atom. The molecule has 1 N–H and O–H groups in total. The number of nitriles is 1. The number of sulfonamides is 1. The minimum Gasteiger partial charge on any atom is -0.452 e. The lowest BCUT2D eigenvalue weighted by molar-refractivity contribution is -0.119. The van der Waals surface area contributed by atoms with Gasteiger partial charge in [-0.3, -0.25) is 10.1 Å². The molecule has 1 aliphatic heterocycles. The van der Waals surface area contributed by atoms with Gasteiger partial charge < -0.3 is 9.15 Å². The van der Waals surface area contributed by atoms with Gasteiger partial charge >= 0.3 is 5.97 Å². The first-order valence-electron chi connectivity index (χ1n) is 9.82. The monoisotopic (exact) mass is 445 g/mol. The topological polar surface area (TPSA) is 130 Å². The van der Waals surface area contributed by atoms with E-state index in [0.29, 0.717) is 24.4 Å². The minimum atomic E-state index is -3.85. The Balaban J connectivity index is 1.71. The van der Waals surface area contributed by atoms with Gasteiger partial charge in [0.05, 0.1) is 10.5 Å². The first-order valence-corrected chi connectivity index (χ1v) is 11.3. The van der Waals surface area contributed by atoms with Crippen LogP contribution in [-0.4, -0.2) is 44.3 Å². The second-order valence-corrected chi connectivity index (χ2v) is 9.09. The average molecular weight is 445 g/mol. The molecule has 0 bridgehead atoms. The number of benzene rings is 1. The number of furan rings is 1. The van der Waals surface area contributed by atoms with E-state index in [-0.39, 0.29) is 21.9 Å².